The molecule has 0 saturated carbocycles. The van der Waals surface area contributed by atoms with Crippen molar-refractivity contribution in [1.82, 2.24) is 10.3 Å². The van der Waals surface area contributed by atoms with Crippen LogP contribution >= 0.6 is 0 Å². The zero-order chi connectivity index (χ0) is 15.6. The van der Waals surface area contributed by atoms with Crippen molar-refractivity contribution < 1.29 is 9.90 Å². The second-order valence-electron chi connectivity index (χ2n) is 6.75. The SMILES string of the molecule is CN(c1cc(C(=O)O)cc(C(C)(C)C)n1)C1CCNCC1. The molecule has 5 nitrogen and oxygen atoms in total. The smallest absolute Gasteiger partial charge is 0.335 e. The van der Waals surface area contributed by atoms with Crippen LogP contribution in [0.1, 0.15) is 49.7 Å². The fourth-order valence-corrected chi connectivity index (χ4v) is 2.59. The quantitative estimate of drug-likeness (QED) is 0.894. The maximum absolute atomic E-state index is 11.4. The van der Waals surface area contributed by atoms with Crippen LogP contribution in [0.3, 0.4) is 0 Å². The van der Waals surface area contributed by atoms with Crippen LogP contribution < -0.4 is 10.2 Å². The second kappa shape index (κ2) is 6.02. The number of carboxylic acid groups (broad SMARTS) is 1. The van der Waals surface area contributed by atoms with Crippen molar-refractivity contribution in [1.29, 1.82) is 0 Å². The third-order valence-electron chi connectivity index (χ3n) is 4.04. The predicted octanol–water partition coefficient (Wildman–Crippen LogP) is 2.27. The Morgan fingerprint density at radius 2 is 1.95 bits per heavy atom. The van der Waals surface area contributed by atoms with Gasteiger partial charge in [0.15, 0.2) is 0 Å². The number of aromatic nitrogens is 1. The Balaban J connectivity index is 2.37. The summed E-state index contributed by atoms with van der Waals surface area (Å²) in [7, 11) is 2.01. The van der Waals surface area contributed by atoms with Gasteiger partial charge in [0.1, 0.15) is 5.82 Å². The van der Waals surface area contributed by atoms with E-state index in [1.807, 2.05) is 7.05 Å². The molecule has 1 aromatic rings. The Kier molecular flexibility index (Phi) is 4.52. The number of hydrogen-bond acceptors (Lipinski definition) is 4. The molecule has 1 aliphatic heterocycles. The maximum Gasteiger partial charge on any atom is 0.335 e. The molecule has 2 N–H and O–H groups in total. The van der Waals surface area contributed by atoms with E-state index in [-0.39, 0.29) is 5.41 Å². The largest absolute Gasteiger partial charge is 0.478 e. The Hall–Kier alpha value is -1.62. The number of nitrogens with zero attached hydrogens (tertiary/aromatic N) is 2. The summed E-state index contributed by atoms with van der Waals surface area (Å²) in [6, 6.07) is 3.78. The van der Waals surface area contributed by atoms with Crippen molar-refractivity contribution in [3.8, 4) is 0 Å². The summed E-state index contributed by atoms with van der Waals surface area (Å²) in [6.45, 7) is 8.15. The van der Waals surface area contributed by atoms with E-state index in [0.717, 1.165) is 37.4 Å². The van der Waals surface area contributed by atoms with Gasteiger partial charge in [-0.2, -0.15) is 0 Å². The summed E-state index contributed by atoms with van der Waals surface area (Å²) in [6.07, 6.45) is 2.11. The molecule has 2 heterocycles. The Morgan fingerprint density at radius 1 is 1.33 bits per heavy atom. The number of hydrogen-bond donors (Lipinski definition) is 2. The van der Waals surface area contributed by atoms with Crippen LogP contribution in [0.25, 0.3) is 0 Å². The summed E-state index contributed by atoms with van der Waals surface area (Å²) in [4.78, 5) is 18.2. The summed E-state index contributed by atoms with van der Waals surface area (Å²) >= 11 is 0. The third kappa shape index (κ3) is 3.73. The van der Waals surface area contributed by atoms with Gasteiger partial charge in [0.2, 0.25) is 0 Å². The molecular weight excluding hydrogens is 266 g/mol. The van der Waals surface area contributed by atoms with E-state index in [4.69, 9.17) is 4.98 Å². The van der Waals surface area contributed by atoms with Crippen LogP contribution in [0, 0.1) is 0 Å². The van der Waals surface area contributed by atoms with Crippen LogP contribution in [-0.4, -0.2) is 42.2 Å². The van der Waals surface area contributed by atoms with Crippen molar-refractivity contribution in [3.63, 3.8) is 0 Å². The van der Waals surface area contributed by atoms with Crippen LogP contribution in [0.2, 0.25) is 0 Å². The normalized spacial score (nSPS) is 16.8. The standard InChI is InChI=1S/C16H25N3O2/c1-16(2,3)13-9-11(15(20)21)10-14(18-13)19(4)12-5-7-17-8-6-12/h9-10,12,17H,5-8H2,1-4H3,(H,20,21). The van der Waals surface area contributed by atoms with Crippen molar-refractivity contribution in [3.05, 3.63) is 23.4 Å². The molecule has 1 fully saturated rings. The molecule has 21 heavy (non-hydrogen) atoms. The van der Waals surface area contributed by atoms with Gasteiger partial charge >= 0.3 is 5.97 Å². The average Bonchev–Trinajstić information content (AvgIpc) is 2.46. The number of aromatic carboxylic acids is 1. The second-order valence-corrected chi connectivity index (χ2v) is 6.75. The van der Waals surface area contributed by atoms with Gasteiger partial charge in [0, 0.05) is 24.2 Å². The highest BCUT2D eigenvalue weighted by atomic mass is 16.4. The minimum Gasteiger partial charge on any atom is -0.478 e. The monoisotopic (exact) mass is 291 g/mol. The molecule has 1 aromatic heterocycles. The fraction of sp³-hybridized carbons (Fsp3) is 0.625. The number of carboxylic acids is 1. The lowest BCUT2D eigenvalue weighted by Gasteiger charge is -2.33. The molecule has 0 aliphatic carbocycles. The molecule has 2 rings (SSSR count). The molecule has 0 amide bonds. The lowest BCUT2D eigenvalue weighted by atomic mass is 9.90. The molecule has 0 aromatic carbocycles. The van der Waals surface area contributed by atoms with Gasteiger partial charge in [-0.3, -0.25) is 0 Å². The molecular formula is C16H25N3O2. The third-order valence-corrected chi connectivity index (χ3v) is 4.04. The number of carbonyl (C=O) groups is 1. The summed E-state index contributed by atoms with van der Waals surface area (Å²) < 4.78 is 0. The minimum atomic E-state index is -0.900. The number of anilines is 1. The molecule has 0 spiro atoms. The highest BCUT2D eigenvalue weighted by Crippen LogP contribution is 2.26. The molecule has 0 atom stereocenters. The molecule has 0 bridgehead atoms. The summed E-state index contributed by atoms with van der Waals surface area (Å²) in [5, 5.41) is 12.7. The van der Waals surface area contributed by atoms with E-state index >= 15 is 0 Å². The van der Waals surface area contributed by atoms with Gasteiger partial charge in [-0.25, -0.2) is 9.78 Å². The van der Waals surface area contributed by atoms with E-state index in [9.17, 15) is 9.90 Å². The molecule has 116 valence electrons. The van der Waals surface area contributed by atoms with E-state index < -0.39 is 5.97 Å². The maximum atomic E-state index is 11.4. The first-order chi connectivity index (χ1) is 9.79. The van der Waals surface area contributed by atoms with Crippen molar-refractivity contribution in [2.75, 3.05) is 25.0 Å². The van der Waals surface area contributed by atoms with Crippen LogP contribution in [-0.2, 0) is 5.41 Å². The average molecular weight is 291 g/mol. The van der Waals surface area contributed by atoms with Gasteiger partial charge in [-0.15, -0.1) is 0 Å². The highest BCUT2D eigenvalue weighted by molar-refractivity contribution is 5.88. The summed E-state index contributed by atoms with van der Waals surface area (Å²) in [5.74, 6) is -0.144. The van der Waals surface area contributed by atoms with Crippen LogP contribution in [0.5, 0.6) is 0 Å². The van der Waals surface area contributed by atoms with Crippen LogP contribution in [0.15, 0.2) is 12.1 Å². The zero-order valence-electron chi connectivity index (χ0n) is 13.3. The number of rotatable bonds is 3. The Bertz CT molecular complexity index is 517. The molecule has 1 aliphatic rings. The topological polar surface area (TPSA) is 65.5 Å². The number of piperidine rings is 1. The van der Waals surface area contributed by atoms with Gasteiger partial charge in [-0.05, 0) is 38.1 Å². The lowest BCUT2D eigenvalue weighted by Crippen LogP contribution is -2.41. The predicted molar refractivity (Wildman–Crippen MR) is 84.2 cm³/mol. The first kappa shape index (κ1) is 15.8. The van der Waals surface area contributed by atoms with Gasteiger partial charge in [-0.1, -0.05) is 20.8 Å². The van der Waals surface area contributed by atoms with E-state index in [0.29, 0.717) is 11.6 Å². The summed E-state index contributed by atoms with van der Waals surface area (Å²) in [5.41, 5.74) is 0.957. The van der Waals surface area contributed by atoms with E-state index in [1.165, 1.54) is 0 Å². The Morgan fingerprint density at radius 3 is 2.48 bits per heavy atom. The van der Waals surface area contributed by atoms with Gasteiger partial charge < -0.3 is 15.3 Å². The van der Waals surface area contributed by atoms with E-state index in [1.54, 1.807) is 12.1 Å². The van der Waals surface area contributed by atoms with E-state index in [2.05, 4.69) is 31.0 Å². The number of nitrogens with one attached hydrogen (secondary N) is 1. The van der Waals surface area contributed by atoms with Gasteiger partial charge in [0.05, 0.1) is 5.56 Å². The van der Waals surface area contributed by atoms with Crippen LogP contribution in [0.4, 0.5) is 5.82 Å². The van der Waals surface area contributed by atoms with Crippen molar-refractivity contribution >= 4 is 11.8 Å². The molecule has 1 saturated heterocycles. The fourth-order valence-electron chi connectivity index (χ4n) is 2.59. The Labute approximate surface area is 126 Å². The molecule has 0 unspecified atom stereocenters. The number of pyridine rings is 1. The first-order valence-corrected chi connectivity index (χ1v) is 7.48. The van der Waals surface area contributed by atoms with Gasteiger partial charge in [0.25, 0.3) is 0 Å². The molecule has 5 heteroatoms. The van der Waals surface area contributed by atoms with Crippen molar-refractivity contribution in [2.45, 2.75) is 45.1 Å². The zero-order valence-corrected chi connectivity index (χ0v) is 13.3. The minimum absolute atomic E-state index is 0.171. The van der Waals surface area contributed by atoms with Crippen molar-refractivity contribution in [2.24, 2.45) is 0 Å². The molecule has 0 radical (unpaired) electrons. The highest BCUT2D eigenvalue weighted by Gasteiger charge is 2.23. The first-order valence-electron chi connectivity index (χ1n) is 7.48. The lowest BCUT2D eigenvalue weighted by molar-refractivity contribution is 0.0696.